The maximum Gasteiger partial charge on any atom is 0.150 e. The number of hydrogen-bond donors (Lipinski definition) is 0. The number of halogens is 1. The average molecular weight is 257 g/mol. The van der Waals surface area contributed by atoms with Crippen molar-refractivity contribution in [1.29, 1.82) is 0 Å². The van der Waals surface area contributed by atoms with E-state index in [2.05, 4.69) is 0 Å². The summed E-state index contributed by atoms with van der Waals surface area (Å²) >= 11 is 5.52. The monoisotopic (exact) mass is 256 g/mol. The third kappa shape index (κ3) is 10.5. The van der Waals surface area contributed by atoms with E-state index < -0.39 is 9.84 Å². The van der Waals surface area contributed by atoms with Gasteiger partial charge in [0.25, 0.3) is 0 Å². The molecule has 0 rings (SSSR count). The molecule has 0 N–H and O–H groups in total. The van der Waals surface area contributed by atoms with Crippen LogP contribution in [-0.2, 0) is 14.6 Å². The highest BCUT2D eigenvalue weighted by Gasteiger charge is 2.09. The number of hydrogen-bond acceptors (Lipinski definition) is 3. The van der Waals surface area contributed by atoms with Crippen LogP contribution in [0.25, 0.3) is 0 Å². The molecule has 0 heterocycles. The molecule has 0 aromatic carbocycles. The predicted molar refractivity (Wildman–Crippen MR) is 64.3 cm³/mol. The Bertz CT molecular complexity index is 227. The van der Waals surface area contributed by atoms with Gasteiger partial charge in [-0.25, -0.2) is 8.42 Å². The summed E-state index contributed by atoms with van der Waals surface area (Å²) < 4.78 is 27.7. The molecule has 0 atom stereocenters. The summed E-state index contributed by atoms with van der Waals surface area (Å²) in [6, 6.07) is 0. The molecule has 0 amide bonds. The minimum Gasteiger partial charge on any atom is -0.385 e. The van der Waals surface area contributed by atoms with Crippen molar-refractivity contribution in [2.24, 2.45) is 0 Å². The molecule has 0 radical (unpaired) electrons. The zero-order chi connectivity index (χ0) is 11.6. The van der Waals surface area contributed by atoms with E-state index in [0.29, 0.717) is 24.7 Å². The summed E-state index contributed by atoms with van der Waals surface area (Å²) in [5.74, 6) is 1.22. The Morgan fingerprint density at radius 1 is 1.00 bits per heavy atom. The second kappa shape index (κ2) is 9.43. The highest BCUT2D eigenvalue weighted by Crippen LogP contribution is 2.05. The molecule has 92 valence electrons. The minimum atomic E-state index is -2.85. The smallest absolute Gasteiger partial charge is 0.150 e. The van der Waals surface area contributed by atoms with E-state index in [1.807, 2.05) is 0 Å². The minimum absolute atomic E-state index is 0.246. The number of methoxy groups -OCH3 is 1. The molecule has 0 aliphatic carbocycles. The third-order valence-corrected chi connectivity index (χ3v) is 4.23. The van der Waals surface area contributed by atoms with Gasteiger partial charge in [-0.2, -0.15) is 0 Å². The van der Waals surface area contributed by atoms with Gasteiger partial charge >= 0.3 is 0 Å². The maximum atomic E-state index is 11.5. The average Bonchev–Trinajstić information content (AvgIpc) is 2.17. The molecule has 0 fully saturated rings. The van der Waals surface area contributed by atoms with Crippen molar-refractivity contribution in [3.63, 3.8) is 0 Å². The van der Waals surface area contributed by atoms with E-state index in [1.165, 1.54) is 0 Å². The van der Waals surface area contributed by atoms with Crippen LogP contribution in [0.1, 0.15) is 32.1 Å². The van der Waals surface area contributed by atoms with E-state index in [4.69, 9.17) is 16.3 Å². The van der Waals surface area contributed by atoms with Crippen molar-refractivity contribution in [1.82, 2.24) is 0 Å². The lowest BCUT2D eigenvalue weighted by molar-refractivity contribution is 0.199. The molecule has 0 unspecified atom stereocenters. The summed E-state index contributed by atoms with van der Waals surface area (Å²) in [5, 5.41) is 0. The van der Waals surface area contributed by atoms with Crippen LogP contribution in [0.3, 0.4) is 0 Å². The van der Waals surface area contributed by atoms with Crippen LogP contribution in [0.4, 0.5) is 0 Å². The normalized spacial score (nSPS) is 11.9. The lowest BCUT2D eigenvalue weighted by Gasteiger charge is -2.03. The largest absolute Gasteiger partial charge is 0.385 e. The van der Waals surface area contributed by atoms with Gasteiger partial charge in [0, 0.05) is 19.6 Å². The van der Waals surface area contributed by atoms with Crippen molar-refractivity contribution in [3.05, 3.63) is 0 Å². The molecular formula is C10H21ClO3S. The molecular weight excluding hydrogens is 236 g/mol. The highest BCUT2D eigenvalue weighted by atomic mass is 35.5. The number of alkyl halides is 1. The van der Waals surface area contributed by atoms with Gasteiger partial charge in [-0.15, -0.1) is 11.6 Å². The van der Waals surface area contributed by atoms with Gasteiger partial charge in [0.1, 0.15) is 9.84 Å². The van der Waals surface area contributed by atoms with Crippen molar-refractivity contribution < 1.29 is 13.2 Å². The van der Waals surface area contributed by atoms with Crippen molar-refractivity contribution in [2.75, 3.05) is 31.1 Å². The predicted octanol–water partition coefficient (Wildman–Crippen LogP) is 2.24. The van der Waals surface area contributed by atoms with Crippen LogP contribution in [-0.4, -0.2) is 39.5 Å². The Hall–Kier alpha value is 0.200. The molecule has 0 bridgehead atoms. The van der Waals surface area contributed by atoms with E-state index in [1.54, 1.807) is 7.11 Å². The van der Waals surface area contributed by atoms with Crippen LogP contribution < -0.4 is 0 Å². The second-order valence-corrected chi connectivity index (χ2v) is 6.28. The first kappa shape index (κ1) is 15.2. The maximum absolute atomic E-state index is 11.5. The summed E-state index contributed by atoms with van der Waals surface area (Å²) in [6.07, 6.45) is 4.31. The summed E-state index contributed by atoms with van der Waals surface area (Å²) in [6.45, 7) is 0.519. The van der Waals surface area contributed by atoms with E-state index in [9.17, 15) is 8.42 Å². The van der Waals surface area contributed by atoms with Crippen molar-refractivity contribution >= 4 is 21.4 Å². The molecule has 0 saturated heterocycles. The molecule has 0 aromatic rings. The number of rotatable bonds is 10. The Kier molecular flexibility index (Phi) is 9.55. The fraction of sp³-hybridized carbons (Fsp3) is 1.00. The Morgan fingerprint density at radius 2 is 1.60 bits per heavy atom. The first-order chi connectivity index (χ1) is 7.12. The topological polar surface area (TPSA) is 43.4 Å². The van der Waals surface area contributed by atoms with Crippen LogP contribution in [0, 0.1) is 0 Å². The number of ether oxygens (including phenoxy) is 1. The van der Waals surface area contributed by atoms with E-state index >= 15 is 0 Å². The van der Waals surface area contributed by atoms with Gasteiger partial charge in [0.2, 0.25) is 0 Å². The van der Waals surface area contributed by atoms with Gasteiger partial charge in [-0.1, -0.05) is 12.8 Å². The number of unbranched alkanes of at least 4 members (excludes halogenated alkanes) is 3. The fourth-order valence-electron chi connectivity index (χ4n) is 1.30. The SMILES string of the molecule is COCCCS(=O)(=O)CCCCCCCl. The van der Waals surface area contributed by atoms with Gasteiger partial charge in [0.15, 0.2) is 0 Å². The fourth-order valence-corrected chi connectivity index (χ4v) is 2.89. The first-order valence-corrected chi connectivity index (χ1v) is 7.73. The molecule has 0 aromatic heterocycles. The third-order valence-electron chi connectivity index (χ3n) is 2.14. The Labute approximate surface area is 98.1 Å². The summed E-state index contributed by atoms with van der Waals surface area (Å²) in [7, 11) is -1.27. The zero-order valence-corrected chi connectivity index (χ0v) is 10.9. The van der Waals surface area contributed by atoms with E-state index in [-0.39, 0.29) is 5.75 Å². The quantitative estimate of drug-likeness (QED) is 0.445. The molecule has 0 saturated carbocycles. The molecule has 15 heavy (non-hydrogen) atoms. The second-order valence-electron chi connectivity index (χ2n) is 3.60. The van der Waals surface area contributed by atoms with E-state index in [0.717, 1.165) is 25.7 Å². The van der Waals surface area contributed by atoms with Crippen LogP contribution in [0.5, 0.6) is 0 Å². The van der Waals surface area contributed by atoms with Crippen molar-refractivity contribution in [3.8, 4) is 0 Å². The molecule has 0 aliphatic rings. The lowest BCUT2D eigenvalue weighted by atomic mass is 10.2. The first-order valence-electron chi connectivity index (χ1n) is 5.37. The van der Waals surface area contributed by atoms with Gasteiger partial charge in [0.05, 0.1) is 11.5 Å². The Balaban J connectivity index is 3.47. The van der Waals surface area contributed by atoms with Crippen molar-refractivity contribution in [2.45, 2.75) is 32.1 Å². The lowest BCUT2D eigenvalue weighted by Crippen LogP contribution is -2.12. The molecule has 3 nitrogen and oxygen atoms in total. The number of sulfone groups is 1. The highest BCUT2D eigenvalue weighted by molar-refractivity contribution is 7.91. The Morgan fingerprint density at radius 3 is 2.20 bits per heavy atom. The molecule has 5 heteroatoms. The zero-order valence-electron chi connectivity index (χ0n) is 9.37. The van der Waals surface area contributed by atoms with Gasteiger partial charge < -0.3 is 4.74 Å². The van der Waals surface area contributed by atoms with Gasteiger partial charge in [-0.05, 0) is 19.3 Å². The van der Waals surface area contributed by atoms with Gasteiger partial charge in [-0.3, -0.25) is 0 Å². The summed E-state index contributed by atoms with van der Waals surface area (Å²) in [5.41, 5.74) is 0. The summed E-state index contributed by atoms with van der Waals surface area (Å²) in [4.78, 5) is 0. The molecule has 0 aliphatic heterocycles. The molecule has 0 spiro atoms. The standard InChI is InChI=1S/C10H21ClO3S/c1-14-8-6-10-15(12,13)9-5-3-2-4-7-11/h2-10H2,1H3. The van der Waals surface area contributed by atoms with Crippen LogP contribution in [0.15, 0.2) is 0 Å². The van der Waals surface area contributed by atoms with Crippen LogP contribution in [0.2, 0.25) is 0 Å². The van der Waals surface area contributed by atoms with Crippen LogP contribution >= 0.6 is 11.6 Å².